The molecule has 7 nitrogen and oxygen atoms in total. The van der Waals surface area contributed by atoms with Crippen LogP contribution >= 0.6 is 0 Å². The number of ether oxygens (including phenoxy) is 2. The number of nitrogens with one attached hydrogen (secondary N) is 1. The molecule has 2 aromatic rings. The maximum absolute atomic E-state index is 12.6. The summed E-state index contributed by atoms with van der Waals surface area (Å²) in [4.78, 5) is 21.4. The second kappa shape index (κ2) is 9.51. The number of piperazine rings is 1. The van der Waals surface area contributed by atoms with Gasteiger partial charge in [-0.1, -0.05) is 0 Å². The van der Waals surface area contributed by atoms with Gasteiger partial charge in [0.05, 0.1) is 7.11 Å². The van der Waals surface area contributed by atoms with E-state index in [1.54, 1.807) is 6.20 Å². The standard InChI is InChI=1S/C20H24F2N4O3/c1-25-7-9-26(10-8-25)18-11-14(5-6-23-18)13-24-19(27)15-3-4-16(28-2)17(12-15)29-20(21)22/h3-6,11-12,20H,7-10,13H2,1-2H3,(H,24,27). The fraction of sp³-hybridized carbons (Fsp3) is 0.400. The van der Waals surface area contributed by atoms with E-state index in [4.69, 9.17) is 4.74 Å². The molecule has 0 aliphatic carbocycles. The first-order valence-electron chi connectivity index (χ1n) is 9.25. The van der Waals surface area contributed by atoms with Crippen molar-refractivity contribution in [3.05, 3.63) is 47.7 Å². The lowest BCUT2D eigenvalue weighted by Gasteiger charge is -2.33. The molecule has 1 N–H and O–H groups in total. The SMILES string of the molecule is COc1ccc(C(=O)NCc2ccnc(N3CCN(C)CC3)c2)cc1OC(F)F. The smallest absolute Gasteiger partial charge is 0.387 e. The molecule has 3 rings (SSSR count). The zero-order valence-electron chi connectivity index (χ0n) is 16.4. The van der Waals surface area contributed by atoms with Gasteiger partial charge in [0.2, 0.25) is 0 Å². The van der Waals surface area contributed by atoms with Crippen molar-refractivity contribution in [2.75, 3.05) is 45.2 Å². The molecule has 1 saturated heterocycles. The molecule has 0 saturated carbocycles. The molecule has 1 amide bonds. The summed E-state index contributed by atoms with van der Waals surface area (Å²) < 4.78 is 34.5. The van der Waals surface area contributed by atoms with Crippen LogP contribution in [0.1, 0.15) is 15.9 Å². The van der Waals surface area contributed by atoms with Crippen molar-refractivity contribution < 1.29 is 23.0 Å². The third kappa shape index (κ3) is 5.54. The summed E-state index contributed by atoms with van der Waals surface area (Å²) in [6.07, 6.45) is 1.72. The Morgan fingerprint density at radius 3 is 2.62 bits per heavy atom. The van der Waals surface area contributed by atoms with Gasteiger partial charge in [-0.15, -0.1) is 0 Å². The zero-order chi connectivity index (χ0) is 20.8. The third-order valence-electron chi connectivity index (χ3n) is 4.73. The van der Waals surface area contributed by atoms with Crippen LogP contribution in [0.2, 0.25) is 0 Å². The highest BCUT2D eigenvalue weighted by atomic mass is 19.3. The number of nitrogens with zero attached hydrogens (tertiary/aromatic N) is 3. The first-order valence-corrected chi connectivity index (χ1v) is 9.25. The summed E-state index contributed by atoms with van der Waals surface area (Å²) in [6.45, 7) is 1.04. The topological polar surface area (TPSA) is 66.9 Å². The second-order valence-corrected chi connectivity index (χ2v) is 6.74. The van der Waals surface area contributed by atoms with Crippen molar-refractivity contribution in [3.63, 3.8) is 0 Å². The molecule has 2 heterocycles. The van der Waals surface area contributed by atoms with Crippen LogP contribution < -0.4 is 19.7 Å². The van der Waals surface area contributed by atoms with Gasteiger partial charge >= 0.3 is 6.61 Å². The van der Waals surface area contributed by atoms with Crippen LogP contribution in [-0.2, 0) is 6.54 Å². The van der Waals surface area contributed by atoms with Crippen molar-refractivity contribution in [3.8, 4) is 11.5 Å². The maximum atomic E-state index is 12.6. The lowest BCUT2D eigenvalue weighted by Crippen LogP contribution is -2.44. The Hall–Kier alpha value is -2.94. The quantitative estimate of drug-likeness (QED) is 0.762. The van der Waals surface area contributed by atoms with Gasteiger partial charge < -0.3 is 24.6 Å². The highest BCUT2D eigenvalue weighted by Gasteiger charge is 2.17. The molecular weight excluding hydrogens is 382 g/mol. The van der Waals surface area contributed by atoms with Crippen LogP contribution in [0, 0.1) is 0 Å². The number of anilines is 1. The number of likely N-dealkylation sites (N-methyl/N-ethyl adjacent to an activating group) is 1. The summed E-state index contributed by atoms with van der Waals surface area (Å²) in [5, 5.41) is 2.79. The number of aromatic nitrogens is 1. The van der Waals surface area contributed by atoms with Gasteiger partial charge in [0.1, 0.15) is 5.82 Å². The average molecular weight is 406 g/mol. The predicted molar refractivity (Wildman–Crippen MR) is 105 cm³/mol. The van der Waals surface area contributed by atoms with E-state index in [2.05, 4.69) is 31.9 Å². The number of amides is 1. The summed E-state index contributed by atoms with van der Waals surface area (Å²) >= 11 is 0. The Labute approximate surface area is 168 Å². The Morgan fingerprint density at radius 1 is 1.17 bits per heavy atom. The monoisotopic (exact) mass is 406 g/mol. The number of hydrogen-bond donors (Lipinski definition) is 1. The van der Waals surface area contributed by atoms with E-state index in [9.17, 15) is 13.6 Å². The number of rotatable bonds is 7. The van der Waals surface area contributed by atoms with Crippen LogP contribution in [-0.4, -0.2) is 62.7 Å². The van der Waals surface area contributed by atoms with Gasteiger partial charge in [0.15, 0.2) is 11.5 Å². The first kappa shape index (κ1) is 20.8. The highest BCUT2D eigenvalue weighted by Crippen LogP contribution is 2.29. The predicted octanol–water partition coefficient (Wildman–Crippen LogP) is 2.37. The molecule has 9 heteroatoms. The number of alkyl halides is 2. The molecule has 156 valence electrons. The van der Waals surface area contributed by atoms with E-state index in [1.165, 1.54) is 25.3 Å². The minimum atomic E-state index is -3.01. The average Bonchev–Trinajstić information content (AvgIpc) is 2.72. The molecule has 1 aromatic carbocycles. The van der Waals surface area contributed by atoms with Gasteiger partial charge in [-0.25, -0.2) is 4.98 Å². The minimum Gasteiger partial charge on any atom is -0.493 e. The van der Waals surface area contributed by atoms with Gasteiger partial charge in [-0.05, 0) is 42.9 Å². The van der Waals surface area contributed by atoms with E-state index in [-0.39, 0.29) is 17.1 Å². The fourth-order valence-corrected chi connectivity index (χ4v) is 3.07. The Kier molecular flexibility index (Phi) is 6.82. The largest absolute Gasteiger partial charge is 0.493 e. The van der Waals surface area contributed by atoms with Gasteiger partial charge in [-0.2, -0.15) is 8.78 Å². The van der Waals surface area contributed by atoms with Crippen molar-refractivity contribution in [1.29, 1.82) is 0 Å². The number of methoxy groups -OCH3 is 1. The minimum absolute atomic E-state index is 0.132. The lowest BCUT2D eigenvalue weighted by atomic mass is 10.1. The van der Waals surface area contributed by atoms with E-state index >= 15 is 0 Å². The van der Waals surface area contributed by atoms with E-state index in [1.807, 2.05) is 12.1 Å². The van der Waals surface area contributed by atoms with Crippen molar-refractivity contribution in [2.45, 2.75) is 13.2 Å². The first-order chi connectivity index (χ1) is 14.0. The third-order valence-corrected chi connectivity index (χ3v) is 4.73. The van der Waals surface area contributed by atoms with Crippen LogP contribution in [0.25, 0.3) is 0 Å². The van der Waals surface area contributed by atoms with Crippen LogP contribution in [0.4, 0.5) is 14.6 Å². The molecule has 1 aromatic heterocycles. The molecular formula is C20H24F2N4O3. The summed E-state index contributed by atoms with van der Waals surface area (Å²) in [7, 11) is 3.43. The number of benzene rings is 1. The molecule has 0 bridgehead atoms. The molecule has 1 aliphatic heterocycles. The van der Waals surface area contributed by atoms with Gasteiger partial charge in [0.25, 0.3) is 5.91 Å². The van der Waals surface area contributed by atoms with Gasteiger partial charge in [-0.3, -0.25) is 4.79 Å². The molecule has 1 fully saturated rings. The van der Waals surface area contributed by atoms with Crippen LogP contribution in [0.15, 0.2) is 36.5 Å². The second-order valence-electron chi connectivity index (χ2n) is 6.74. The van der Waals surface area contributed by atoms with Crippen molar-refractivity contribution in [2.24, 2.45) is 0 Å². The normalized spacial score (nSPS) is 14.7. The van der Waals surface area contributed by atoms with Crippen molar-refractivity contribution in [1.82, 2.24) is 15.2 Å². The van der Waals surface area contributed by atoms with E-state index < -0.39 is 12.5 Å². The van der Waals surface area contributed by atoms with Crippen LogP contribution in [0.5, 0.6) is 11.5 Å². The van der Waals surface area contributed by atoms with E-state index in [0.29, 0.717) is 6.54 Å². The Morgan fingerprint density at radius 2 is 1.93 bits per heavy atom. The summed E-state index contributed by atoms with van der Waals surface area (Å²) in [5.74, 6) is 0.427. The number of halogens is 2. The summed E-state index contributed by atoms with van der Waals surface area (Å²) in [6, 6.07) is 7.94. The van der Waals surface area contributed by atoms with Gasteiger partial charge in [0, 0.05) is 44.5 Å². The van der Waals surface area contributed by atoms with Crippen LogP contribution in [0.3, 0.4) is 0 Å². The fourth-order valence-electron chi connectivity index (χ4n) is 3.07. The number of pyridine rings is 1. The molecule has 0 unspecified atom stereocenters. The number of hydrogen-bond acceptors (Lipinski definition) is 6. The molecule has 1 aliphatic rings. The summed E-state index contributed by atoms with van der Waals surface area (Å²) in [5.41, 5.74) is 1.11. The lowest BCUT2D eigenvalue weighted by molar-refractivity contribution is -0.0512. The molecule has 29 heavy (non-hydrogen) atoms. The zero-order valence-corrected chi connectivity index (χ0v) is 16.4. The highest BCUT2D eigenvalue weighted by molar-refractivity contribution is 5.94. The number of carbonyl (C=O) groups excluding carboxylic acids is 1. The Balaban J connectivity index is 1.64. The Bertz CT molecular complexity index is 842. The van der Waals surface area contributed by atoms with Crippen molar-refractivity contribution >= 4 is 11.7 Å². The maximum Gasteiger partial charge on any atom is 0.387 e. The molecule has 0 radical (unpaired) electrons. The molecule has 0 spiro atoms. The number of carbonyl (C=O) groups is 1. The molecule has 0 atom stereocenters. The van der Waals surface area contributed by atoms with E-state index in [0.717, 1.165) is 37.6 Å².